The average molecular weight is 458 g/mol. The third-order valence-corrected chi connectivity index (χ3v) is 6.81. The lowest BCUT2D eigenvalue weighted by Crippen LogP contribution is -2.41. The van der Waals surface area contributed by atoms with E-state index in [-0.39, 0.29) is 12.5 Å². The van der Waals surface area contributed by atoms with Gasteiger partial charge in [-0.15, -0.1) is 0 Å². The van der Waals surface area contributed by atoms with Gasteiger partial charge in [-0.3, -0.25) is 4.79 Å². The average Bonchev–Trinajstić information content (AvgIpc) is 3.34. The van der Waals surface area contributed by atoms with E-state index in [4.69, 9.17) is 14.2 Å². The molecule has 5 rings (SSSR count). The van der Waals surface area contributed by atoms with Crippen molar-refractivity contribution < 1.29 is 19.0 Å². The van der Waals surface area contributed by atoms with Crippen LogP contribution in [-0.4, -0.2) is 37.3 Å². The smallest absolute Gasteiger partial charge is 0.260 e. The van der Waals surface area contributed by atoms with E-state index in [9.17, 15) is 4.79 Å². The number of ether oxygens (including phenoxy) is 3. The first-order valence-electron chi connectivity index (χ1n) is 12.1. The SMILES string of the molecule is Cc1cccc(-c2ccccc2OCC(=O)N2CCC(CCc3ccc4c(c3)OCO4)CC2)c1. The third-order valence-electron chi connectivity index (χ3n) is 6.81. The number of para-hydroxylation sites is 1. The lowest BCUT2D eigenvalue weighted by molar-refractivity contribution is -0.134. The number of carbonyl (C=O) groups is 1. The van der Waals surface area contributed by atoms with E-state index in [0.29, 0.717) is 12.7 Å². The fourth-order valence-corrected chi connectivity index (χ4v) is 4.81. The molecule has 1 saturated heterocycles. The second kappa shape index (κ2) is 10.2. The molecule has 3 aromatic carbocycles. The molecular weight excluding hydrogens is 426 g/mol. The number of aryl methyl sites for hydroxylation is 2. The summed E-state index contributed by atoms with van der Waals surface area (Å²) >= 11 is 0. The summed E-state index contributed by atoms with van der Waals surface area (Å²) in [6.45, 7) is 4.06. The first-order chi connectivity index (χ1) is 16.7. The highest BCUT2D eigenvalue weighted by Crippen LogP contribution is 2.34. The second-order valence-electron chi connectivity index (χ2n) is 9.20. The zero-order valence-corrected chi connectivity index (χ0v) is 19.7. The molecule has 0 saturated carbocycles. The highest BCUT2D eigenvalue weighted by Gasteiger charge is 2.23. The summed E-state index contributed by atoms with van der Waals surface area (Å²) in [5.74, 6) is 3.13. The Hall–Kier alpha value is -3.47. The van der Waals surface area contributed by atoms with Gasteiger partial charge in [0.15, 0.2) is 18.1 Å². The predicted molar refractivity (Wildman–Crippen MR) is 132 cm³/mol. The first-order valence-corrected chi connectivity index (χ1v) is 12.1. The molecule has 0 N–H and O–H groups in total. The fourth-order valence-electron chi connectivity index (χ4n) is 4.81. The zero-order chi connectivity index (χ0) is 23.3. The van der Waals surface area contributed by atoms with Gasteiger partial charge in [-0.05, 0) is 67.9 Å². The fraction of sp³-hybridized carbons (Fsp3) is 0.345. The summed E-state index contributed by atoms with van der Waals surface area (Å²) in [4.78, 5) is 14.8. The van der Waals surface area contributed by atoms with E-state index in [0.717, 1.165) is 67.1 Å². The van der Waals surface area contributed by atoms with Crippen molar-refractivity contribution in [2.45, 2.75) is 32.6 Å². The molecule has 0 aliphatic carbocycles. The highest BCUT2D eigenvalue weighted by atomic mass is 16.7. The monoisotopic (exact) mass is 457 g/mol. The molecule has 0 bridgehead atoms. The number of amides is 1. The van der Waals surface area contributed by atoms with Gasteiger partial charge < -0.3 is 19.1 Å². The van der Waals surface area contributed by atoms with Crippen molar-refractivity contribution in [3.05, 3.63) is 77.9 Å². The summed E-state index contributed by atoms with van der Waals surface area (Å²) in [5, 5.41) is 0. The minimum absolute atomic E-state index is 0.0632. The molecule has 0 aromatic heterocycles. The van der Waals surface area contributed by atoms with Crippen molar-refractivity contribution in [2.24, 2.45) is 5.92 Å². The first kappa shape index (κ1) is 22.3. The molecule has 34 heavy (non-hydrogen) atoms. The van der Waals surface area contributed by atoms with Crippen LogP contribution in [0.4, 0.5) is 0 Å². The summed E-state index contributed by atoms with van der Waals surface area (Å²) in [6.07, 6.45) is 4.22. The van der Waals surface area contributed by atoms with E-state index >= 15 is 0 Å². The minimum Gasteiger partial charge on any atom is -0.483 e. The maximum Gasteiger partial charge on any atom is 0.260 e. The molecule has 5 nitrogen and oxygen atoms in total. The van der Waals surface area contributed by atoms with Crippen molar-refractivity contribution >= 4 is 5.91 Å². The number of piperidine rings is 1. The molecule has 1 amide bonds. The quantitative estimate of drug-likeness (QED) is 0.461. The largest absolute Gasteiger partial charge is 0.483 e. The third kappa shape index (κ3) is 5.19. The number of rotatable bonds is 7. The highest BCUT2D eigenvalue weighted by molar-refractivity contribution is 5.78. The Morgan fingerprint density at radius 3 is 2.65 bits per heavy atom. The Labute approximate surface area is 201 Å². The molecule has 2 heterocycles. The summed E-state index contributed by atoms with van der Waals surface area (Å²) in [6, 6.07) is 22.5. The molecular formula is C29H31NO4. The molecule has 1 fully saturated rings. The number of hydrogen-bond donors (Lipinski definition) is 0. The van der Waals surface area contributed by atoms with Gasteiger partial charge in [-0.25, -0.2) is 0 Å². The van der Waals surface area contributed by atoms with E-state index in [2.05, 4.69) is 37.3 Å². The van der Waals surface area contributed by atoms with E-state index in [1.165, 1.54) is 11.1 Å². The van der Waals surface area contributed by atoms with Gasteiger partial charge in [0.05, 0.1) is 0 Å². The van der Waals surface area contributed by atoms with Crippen LogP contribution in [0.5, 0.6) is 17.2 Å². The number of benzene rings is 3. The van der Waals surface area contributed by atoms with Gasteiger partial charge in [0.1, 0.15) is 5.75 Å². The van der Waals surface area contributed by atoms with Crippen molar-refractivity contribution in [1.29, 1.82) is 0 Å². The number of fused-ring (bicyclic) bond motifs is 1. The van der Waals surface area contributed by atoms with Gasteiger partial charge in [-0.2, -0.15) is 0 Å². The lowest BCUT2D eigenvalue weighted by atomic mass is 9.90. The van der Waals surface area contributed by atoms with Gasteiger partial charge in [0.2, 0.25) is 6.79 Å². The molecule has 0 unspecified atom stereocenters. The van der Waals surface area contributed by atoms with Crippen LogP contribution in [0.2, 0.25) is 0 Å². The van der Waals surface area contributed by atoms with Crippen LogP contribution < -0.4 is 14.2 Å². The number of nitrogens with zero attached hydrogens (tertiary/aromatic N) is 1. The number of likely N-dealkylation sites (tertiary alicyclic amines) is 1. The normalized spacial score (nSPS) is 15.4. The van der Waals surface area contributed by atoms with Crippen LogP contribution in [0.25, 0.3) is 11.1 Å². The van der Waals surface area contributed by atoms with Crippen LogP contribution in [-0.2, 0) is 11.2 Å². The van der Waals surface area contributed by atoms with Crippen LogP contribution in [0.3, 0.4) is 0 Å². The van der Waals surface area contributed by atoms with Crippen LogP contribution >= 0.6 is 0 Å². The Morgan fingerprint density at radius 2 is 1.79 bits per heavy atom. The van der Waals surface area contributed by atoms with Crippen LogP contribution in [0.15, 0.2) is 66.7 Å². The number of hydrogen-bond acceptors (Lipinski definition) is 4. The summed E-state index contributed by atoms with van der Waals surface area (Å²) in [7, 11) is 0. The maximum atomic E-state index is 12.8. The van der Waals surface area contributed by atoms with Crippen molar-refractivity contribution in [3.8, 4) is 28.4 Å². The van der Waals surface area contributed by atoms with E-state index < -0.39 is 0 Å². The van der Waals surface area contributed by atoms with Gasteiger partial charge in [0.25, 0.3) is 5.91 Å². The van der Waals surface area contributed by atoms with Crippen molar-refractivity contribution in [2.75, 3.05) is 26.5 Å². The van der Waals surface area contributed by atoms with E-state index in [1.54, 1.807) is 0 Å². The molecule has 0 spiro atoms. The Kier molecular flexibility index (Phi) is 6.70. The molecule has 2 aliphatic rings. The van der Waals surface area contributed by atoms with Crippen molar-refractivity contribution in [1.82, 2.24) is 4.90 Å². The van der Waals surface area contributed by atoms with E-state index in [1.807, 2.05) is 41.3 Å². The zero-order valence-electron chi connectivity index (χ0n) is 19.7. The van der Waals surface area contributed by atoms with Gasteiger partial charge in [-0.1, -0.05) is 54.1 Å². The summed E-state index contributed by atoms with van der Waals surface area (Å²) < 4.78 is 16.9. The lowest BCUT2D eigenvalue weighted by Gasteiger charge is -2.32. The number of carbonyl (C=O) groups excluding carboxylic acids is 1. The molecule has 2 aliphatic heterocycles. The Balaban J connectivity index is 1.10. The Morgan fingerprint density at radius 1 is 0.971 bits per heavy atom. The topological polar surface area (TPSA) is 48.0 Å². The minimum atomic E-state index is 0.0632. The van der Waals surface area contributed by atoms with Gasteiger partial charge in [0, 0.05) is 18.7 Å². The summed E-state index contributed by atoms with van der Waals surface area (Å²) in [5.41, 5.74) is 4.60. The second-order valence-corrected chi connectivity index (χ2v) is 9.20. The molecule has 0 radical (unpaired) electrons. The predicted octanol–water partition coefficient (Wildman–Crippen LogP) is 5.64. The maximum absolute atomic E-state index is 12.8. The van der Waals surface area contributed by atoms with Crippen LogP contribution in [0.1, 0.15) is 30.4 Å². The molecule has 176 valence electrons. The molecule has 0 atom stereocenters. The molecule has 3 aromatic rings. The van der Waals surface area contributed by atoms with Crippen LogP contribution in [0, 0.1) is 12.8 Å². The molecule has 5 heteroatoms. The Bertz CT molecular complexity index is 1150. The van der Waals surface area contributed by atoms with Crippen molar-refractivity contribution in [3.63, 3.8) is 0 Å². The van der Waals surface area contributed by atoms with Gasteiger partial charge >= 0.3 is 0 Å². The standard InChI is InChI=1S/C29H31NO4/c1-21-5-4-6-24(17-21)25-7-2-3-8-26(25)32-19-29(31)30-15-13-22(14-16-30)9-10-23-11-12-27-28(18-23)34-20-33-27/h2-8,11-12,17-18,22H,9-10,13-16,19-20H2,1H3.